The normalized spacial score (nSPS) is 12.7. The van der Waals surface area contributed by atoms with Crippen LogP contribution in [0.5, 0.6) is 0 Å². The Morgan fingerprint density at radius 2 is 2.00 bits per heavy atom. The maximum absolute atomic E-state index is 11.6. The van der Waals surface area contributed by atoms with Crippen molar-refractivity contribution in [1.82, 2.24) is 9.62 Å². The molecule has 0 saturated heterocycles. The van der Waals surface area contributed by atoms with Crippen LogP contribution in [0.15, 0.2) is 0 Å². The van der Waals surface area contributed by atoms with E-state index in [9.17, 15) is 8.42 Å². The molecule has 5 nitrogen and oxygen atoms in total. The summed E-state index contributed by atoms with van der Waals surface area (Å²) in [4.78, 5) is 0. The lowest BCUT2D eigenvalue weighted by Crippen LogP contribution is -2.35. The first-order valence-corrected chi connectivity index (χ1v) is 6.71. The summed E-state index contributed by atoms with van der Waals surface area (Å²) in [5, 5.41) is 2.91. The molecule has 0 aliphatic rings. The molecule has 15 heavy (non-hydrogen) atoms. The summed E-state index contributed by atoms with van der Waals surface area (Å²) < 4.78 is 29.8. The second-order valence-corrected chi connectivity index (χ2v) is 5.86. The highest BCUT2D eigenvalue weighted by Gasteiger charge is 2.16. The van der Waals surface area contributed by atoms with E-state index in [1.807, 2.05) is 13.8 Å². The van der Waals surface area contributed by atoms with Gasteiger partial charge in [-0.15, -0.1) is 0 Å². The Morgan fingerprint density at radius 1 is 1.40 bits per heavy atom. The van der Waals surface area contributed by atoms with Crippen LogP contribution in [0.4, 0.5) is 0 Å². The third kappa shape index (κ3) is 6.83. The third-order valence-electron chi connectivity index (χ3n) is 1.94. The van der Waals surface area contributed by atoms with Crippen molar-refractivity contribution in [2.24, 2.45) is 0 Å². The van der Waals surface area contributed by atoms with Crippen LogP contribution in [0.1, 0.15) is 13.8 Å². The molecule has 0 aromatic rings. The van der Waals surface area contributed by atoms with Crippen molar-refractivity contribution in [3.63, 3.8) is 0 Å². The van der Waals surface area contributed by atoms with Crippen LogP contribution in [-0.4, -0.2) is 58.4 Å². The van der Waals surface area contributed by atoms with Crippen LogP contribution in [0.2, 0.25) is 0 Å². The van der Waals surface area contributed by atoms with Gasteiger partial charge in [-0.3, -0.25) is 0 Å². The molecule has 0 amide bonds. The largest absolute Gasteiger partial charge is 0.378 e. The Bertz CT molecular complexity index is 252. The molecule has 0 aliphatic carbocycles. The van der Waals surface area contributed by atoms with Crippen molar-refractivity contribution in [1.29, 1.82) is 0 Å². The van der Waals surface area contributed by atoms with Crippen LogP contribution in [0.25, 0.3) is 0 Å². The Balaban J connectivity index is 3.95. The van der Waals surface area contributed by atoms with E-state index in [1.54, 1.807) is 14.1 Å². The Kier molecular flexibility index (Phi) is 7.08. The van der Waals surface area contributed by atoms with Crippen molar-refractivity contribution in [3.05, 3.63) is 0 Å². The molecular weight excluding hydrogens is 216 g/mol. The summed E-state index contributed by atoms with van der Waals surface area (Å²) in [7, 11) is 0.219. The molecule has 1 N–H and O–H groups in total. The zero-order chi connectivity index (χ0) is 11.9. The molecule has 0 aromatic heterocycles. The molecule has 0 fully saturated rings. The molecule has 92 valence electrons. The number of ether oxygens (including phenoxy) is 1. The average molecular weight is 238 g/mol. The van der Waals surface area contributed by atoms with Gasteiger partial charge in [0.15, 0.2) is 0 Å². The van der Waals surface area contributed by atoms with Crippen molar-refractivity contribution >= 4 is 10.0 Å². The molecule has 0 atom stereocenters. The third-order valence-corrected chi connectivity index (χ3v) is 3.76. The molecular formula is C9H22N2O3S. The van der Waals surface area contributed by atoms with E-state index in [-0.39, 0.29) is 18.5 Å². The van der Waals surface area contributed by atoms with Gasteiger partial charge in [0.05, 0.1) is 18.5 Å². The Labute approximate surface area is 92.8 Å². The van der Waals surface area contributed by atoms with Gasteiger partial charge in [-0.05, 0) is 20.9 Å². The van der Waals surface area contributed by atoms with Gasteiger partial charge in [0.2, 0.25) is 10.0 Å². The van der Waals surface area contributed by atoms with Crippen LogP contribution in [-0.2, 0) is 14.8 Å². The number of rotatable bonds is 8. The minimum atomic E-state index is -3.16. The number of nitrogens with zero attached hydrogens (tertiary/aromatic N) is 1. The second-order valence-electron chi connectivity index (χ2n) is 3.66. The van der Waals surface area contributed by atoms with Gasteiger partial charge in [-0.2, -0.15) is 0 Å². The molecule has 0 heterocycles. The number of likely N-dealkylation sites (N-methyl/N-ethyl adjacent to an activating group) is 2. The quantitative estimate of drug-likeness (QED) is 0.641. The number of nitrogens with one attached hydrogen (secondary N) is 1. The fourth-order valence-corrected chi connectivity index (χ4v) is 1.94. The van der Waals surface area contributed by atoms with E-state index in [4.69, 9.17) is 4.74 Å². The van der Waals surface area contributed by atoms with E-state index in [2.05, 4.69) is 5.32 Å². The zero-order valence-corrected chi connectivity index (χ0v) is 10.8. The SMILES string of the molecule is CNCCN(C)S(=O)(=O)CCOC(C)C. The van der Waals surface area contributed by atoms with Crippen LogP contribution >= 0.6 is 0 Å². The highest BCUT2D eigenvalue weighted by molar-refractivity contribution is 7.89. The summed E-state index contributed by atoms with van der Waals surface area (Å²) in [6.07, 6.45) is 0.0721. The van der Waals surface area contributed by atoms with Gasteiger partial charge in [0.25, 0.3) is 0 Å². The van der Waals surface area contributed by atoms with Gasteiger partial charge in [-0.25, -0.2) is 12.7 Å². The first-order chi connectivity index (χ1) is 6.90. The van der Waals surface area contributed by atoms with Crippen molar-refractivity contribution in [3.8, 4) is 0 Å². The minimum Gasteiger partial charge on any atom is -0.378 e. The Hall–Kier alpha value is -0.170. The summed E-state index contributed by atoms with van der Waals surface area (Å²) in [6, 6.07) is 0. The van der Waals surface area contributed by atoms with Crippen molar-refractivity contribution < 1.29 is 13.2 Å². The summed E-state index contributed by atoms with van der Waals surface area (Å²) in [6.45, 7) is 5.17. The van der Waals surface area contributed by atoms with E-state index in [0.717, 1.165) is 0 Å². The fourth-order valence-electron chi connectivity index (χ4n) is 0.953. The topological polar surface area (TPSA) is 58.6 Å². The second kappa shape index (κ2) is 7.16. The first kappa shape index (κ1) is 14.8. The zero-order valence-electron chi connectivity index (χ0n) is 9.99. The smallest absolute Gasteiger partial charge is 0.216 e. The molecule has 0 saturated carbocycles. The number of hydrogen-bond acceptors (Lipinski definition) is 4. The van der Waals surface area contributed by atoms with Crippen LogP contribution in [0.3, 0.4) is 0 Å². The highest BCUT2D eigenvalue weighted by atomic mass is 32.2. The lowest BCUT2D eigenvalue weighted by molar-refractivity contribution is 0.0908. The fraction of sp³-hybridized carbons (Fsp3) is 1.00. The van der Waals surface area contributed by atoms with Crippen molar-refractivity contribution in [2.75, 3.05) is 39.5 Å². The van der Waals surface area contributed by atoms with E-state index in [0.29, 0.717) is 13.1 Å². The Morgan fingerprint density at radius 3 is 2.47 bits per heavy atom. The van der Waals surface area contributed by atoms with Crippen LogP contribution in [0, 0.1) is 0 Å². The van der Waals surface area contributed by atoms with Gasteiger partial charge in [0, 0.05) is 20.1 Å². The average Bonchev–Trinajstić information content (AvgIpc) is 2.13. The van der Waals surface area contributed by atoms with Crippen molar-refractivity contribution in [2.45, 2.75) is 20.0 Å². The lowest BCUT2D eigenvalue weighted by Gasteiger charge is -2.17. The minimum absolute atomic E-state index is 0.0470. The van der Waals surface area contributed by atoms with Gasteiger partial charge >= 0.3 is 0 Å². The summed E-state index contributed by atoms with van der Waals surface area (Å²) in [5.41, 5.74) is 0. The molecule has 0 rings (SSSR count). The monoisotopic (exact) mass is 238 g/mol. The molecule has 0 aliphatic heterocycles. The summed E-state index contributed by atoms with van der Waals surface area (Å²) in [5.74, 6) is 0.0470. The van der Waals surface area contributed by atoms with E-state index in [1.165, 1.54) is 4.31 Å². The molecule has 6 heteroatoms. The van der Waals surface area contributed by atoms with Crippen LogP contribution < -0.4 is 5.32 Å². The van der Waals surface area contributed by atoms with E-state index < -0.39 is 10.0 Å². The number of sulfonamides is 1. The standard InChI is InChI=1S/C9H22N2O3S/c1-9(2)14-7-8-15(12,13)11(4)6-5-10-3/h9-10H,5-8H2,1-4H3. The maximum Gasteiger partial charge on any atom is 0.216 e. The van der Waals surface area contributed by atoms with Gasteiger partial charge in [0.1, 0.15) is 0 Å². The maximum atomic E-state index is 11.6. The summed E-state index contributed by atoms with van der Waals surface area (Å²) >= 11 is 0. The van der Waals surface area contributed by atoms with Gasteiger partial charge < -0.3 is 10.1 Å². The lowest BCUT2D eigenvalue weighted by atomic mass is 10.5. The molecule has 0 unspecified atom stereocenters. The highest BCUT2D eigenvalue weighted by Crippen LogP contribution is 1.98. The predicted octanol–water partition coefficient (Wildman–Crippen LogP) is -0.108. The molecule has 0 spiro atoms. The molecule has 0 radical (unpaired) electrons. The molecule has 0 bridgehead atoms. The van der Waals surface area contributed by atoms with E-state index >= 15 is 0 Å². The molecule has 0 aromatic carbocycles. The number of hydrogen-bond donors (Lipinski definition) is 1. The predicted molar refractivity (Wildman–Crippen MR) is 61.4 cm³/mol. The van der Waals surface area contributed by atoms with Gasteiger partial charge in [-0.1, -0.05) is 0 Å². The first-order valence-electron chi connectivity index (χ1n) is 5.10.